The summed E-state index contributed by atoms with van der Waals surface area (Å²) in [6, 6.07) is 0. The third kappa shape index (κ3) is 5.46. The SMILES string of the molecule is C=CC(CC)CC(C=C)CC=CC. The molecule has 0 fully saturated rings. The zero-order valence-electron chi connectivity index (χ0n) is 9.00. The molecule has 2 unspecified atom stereocenters. The van der Waals surface area contributed by atoms with E-state index in [-0.39, 0.29) is 0 Å². The van der Waals surface area contributed by atoms with Gasteiger partial charge in [-0.3, -0.25) is 0 Å². The van der Waals surface area contributed by atoms with Gasteiger partial charge in [-0.15, -0.1) is 13.2 Å². The summed E-state index contributed by atoms with van der Waals surface area (Å²) < 4.78 is 0. The minimum absolute atomic E-state index is 0.610. The summed E-state index contributed by atoms with van der Waals surface area (Å²) in [6.45, 7) is 12.0. The first-order chi connectivity index (χ1) is 6.28. The first-order valence-corrected chi connectivity index (χ1v) is 5.14. The molecule has 0 bridgehead atoms. The van der Waals surface area contributed by atoms with Gasteiger partial charge in [-0.1, -0.05) is 31.2 Å². The van der Waals surface area contributed by atoms with E-state index in [4.69, 9.17) is 0 Å². The zero-order valence-corrected chi connectivity index (χ0v) is 9.00. The Morgan fingerprint density at radius 1 is 1.15 bits per heavy atom. The highest BCUT2D eigenvalue weighted by Crippen LogP contribution is 2.20. The molecule has 0 heteroatoms. The molecule has 0 aliphatic heterocycles. The van der Waals surface area contributed by atoms with Crippen LogP contribution >= 0.6 is 0 Å². The van der Waals surface area contributed by atoms with Crippen molar-refractivity contribution in [1.82, 2.24) is 0 Å². The fourth-order valence-corrected chi connectivity index (χ4v) is 1.42. The maximum Gasteiger partial charge on any atom is -0.0196 e. The molecule has 0 rings (SSSR count). The van der Waals surface area contributed by atoms with Crippen molar-refractivity contribution in [2.45, 2.75) is 33.1 Å². The van der Waals surface area contributed by atoms with Gasteiger partial charge in [-0.05, 0) is 38.0 Å². The van der Waals surface area contributed by atoms with E-state index in [1.54, 1.807) is 0 Å². The summed E-state index contributed by atoms with van der Waals surface area (Å²) >= 11 is 0. The lowest BCUT2D eigenvalue weighted by Gasteiger charge is -2.15. The Hall–Kier alpha value is -0.780. The zero-order chi connectivity index (χ0) is 10.1. The van der Waals surface area contributed by atoms with Crippen LogP contribution in [0.1, 0.15) is 33.1 Å². The number of hydrogen-bond donors (Lipinski definition) is 0. The quantitative estimate of drug-likeness (QED) is 0.508. The maximum atomic E-state index is 3.87. The highest BCUT2D eigenvalue weighted by molar-refractivity contribution is 4.91. The summed E-state index contributed by atoms with van der Waals surface area (Å²) in [7, 11) is 0. The van der Waals surface area contributed by atoms with E-state index in [1.165, 1.54) is 12.8 Å². The predicted molar refractivity (Wildman–Crippen MR) is 61.7 cm³/mol. The fourth-order valence-electron chi connectivity index (χ4n) is 1.42. The predicted octanol–water partition coefficient (Wildman–Crippen LogP) is 4.36. The smallest absolute Gasteiger partial charge is 0.0196 e. The number of rotatable bonds is 7. The highest BCUT2D eigenvalue weighted by Gasteiger charge is 2.08. The fraction of sp³-hybridized carbons (Fsp3) is 0.538. The minimum Gasteiger partial charge on any atom is -0.103 e. The van der Waals surface area contributed by atoms with Crippen LogP contribution < -0.4 is 0 Å². The molecular formula is C13H22. The van der Waals surface area contributed by atoms with Gasteiger partial charge >= 0.3 is 0 Å². The molecule has 0 saturated carbocycles. The van der Waals surface area contributed by atoms with Crippen LogP contribution in [0.3, 0.4) is 0 Å². The molecule has 0 aromatic rings. The van der Waals surface area contributed by atoms with Gasteiger partial charge in [0.15, 0.2) is 0 Å². The Balaban J connectivity index is 3.94. The molecule has 0 aromatic heterocycles. The lowest BCUT2D eigenvalue weighted by atomic mass is 9.90. The molecule has 0 aromatic carbocycles. The van der Waals surface area contributed by atoms with Crippen LogP contribution in [-0.4, -0.2) is 0 Å². The third-order valence-electron chi connectivity index (χ3n) is 2.47. The van der Waals surface area contributed by atoms with Gasteiger partial charge in [0.1, 0.15) is 0 Å². The van der Waals surface area contributed by atoms with E-state index in [0.29, 0.717) is 11.8 Å². The van der Waals surface area contributed by atoms with Gasteiger partial charge in [0.05, 0.1) is 0 Å². The summed E-state index contributed by atoms with van der Waals surface area (Å²) in [4.78, 5) is 0. The first kappa shape index (κ1) is 12.2. The lowest BCUT2D eigenvalue weighted by molar-refractivity contribution is 0.476. The Bertz CT molecular complexity index is 165. The van der Waals surface area contributed by atoms with Gasteiger partial charge in [-0.25, -0.2) is 0 Å². The topological polar surface area (TPSA) is 0 Å². The molecule has 0 N–H and O–H groups in total. The van der Waals surface area contributed by atoms with E-state index < -0.39 is 0 Å². The van der Waals surface area contributed by atoms with Crippen molar-refractivity contribution in [2.75, 3.05) is 0 Å². The first-order valence-electron chi connectivity index (χ1n) is 5.14. The van der Waals surface area contributed by atoms with Crippen molar-refractivity contribution >= 4 is 0 Å². The van der Waals surface area contributed by atoms with E-state index in [9.17, 15) is 0 Å². The van der Waals surface area contributed by atoms with Crippen LogP contribution in [0.25, 0.3) is 0 Å². The van der Waals surface area contributed by atoms with Gasteiger partial charge in [0.2, 0.25) is 0 Å². The van der Waals surface area contributed by atoms with Crippen molar-refractivity contribution in [3.63, 3.8) is 0 Å². The molecule has 0 radical (unpaired) electrons. The second kappa shape index (κ2) is 7.85. The van der Waals surface area contributed by atoms with Crippen molar-refractivity contribution < 1.29 is 0 Å². The molecule has 0 saturated heterocycles. The Kier molecular flexibility index (Phi) is 7.38. The maximum absolute atomic E-state index is 3.87. The van der Waals surface area contributed by atoms with Crippen molar-refractivity contribution in [3.8, 4) is 0 Å². The monoisotopic (exact) mass is 178 g/mol. The molecule has 2 atom stereocenters. The van der Waals surface area contributed by atoms with Crippen molar-refractivity contribution in [3.05, 3.63) is 37.5 Å². The molecule has 0 heterocycles. The molecule has 0 nitrogen and oxygen atoms in total. The molecular weight excluding hydrogens is 156 g/mol. The molecule has 13 heavy (non-hydrogen) atoms. The Morgan fingerprint density at radius 2 is 1.77 bits per heavy atom. The highest BCUT2D eigenvalue weighted by atomic mass is 14.1. The second-order valence-electron chi connectivity index (χ2n) is 3.44. The van der Waals surface area contributed by atoms with Gasteiger partial charge in [-0.2, -0.15) is 0 Å². The van der Waals surface area contributed by atoms with Crippen molar-refractivity contribution in [1.29, 1.82) is 0 Å². The van der Waals surface area contributed by atoms with Crippen LogP contribution in [0.4, 0.5) is 0 Å². The molecule has 74 valence electrons. The summed E-state index contributed by atoms with van der Waals surface area (Å²) in [5.41, 5.74) is 0. The largest absolute Gasteiger partial charge is 0.103 e. The number of allylic oxidation sites excluding steroid dienone is 4. The summed E-state index contributed by atoms with van der Waals surface area (Å²) in [6.07, 6.45) is 11.9. The van der Waals surface area contributed by atoms with E-state index in [0.717, 1.165) is 6.42 Å². The van der Waals surface area contributed by atoms with E-state index in [2.05, 4.69) is 51.3 Å². The van der Waals surface area contributed by atoms with Crippen LogP contribution in [0.15, 0.2) is 37.5 Å². The molecule has 0 spiro atoms. The second-order valence-corrected chi connectivity index (χ2v) is 3.44. The normalized spacial score (nSPS) is 15.5. The van der Waals surface area contributed by atoms with Crippen molar-refractivity contribution in [2.24, 2.45) is 11.8 Å². The van der Waals surface area contributed by atoms with E-state index >= 15 is 0 Å². The molecule has 0 amide bonds. The molecule has 0 aliphatic carbocycles. The summed E-state index contributed by atoms with van der Waals surface area (Å²) in [5.74, 6) is 1.26. The Morgan fingerprint density at radius 3 is 2.15 bits per heavy atom. The minimum atomic E-state index is 0.610. The van der Waals surface area contributed by atoms with Gasteiger partial charge < -0.3 is 0 Å². The Labute approximate surface area is 83.0 Å². The third-order valence-corrected chi connectivity index (χ3v) is 2.47. The van der Waals surface area contributed by atoms with Gasteiger partial charge in [0, 0.05) is 0 Å². The molecule has 0 aliphatic rings. The van der Waals surface area contributed by atoms with Crippen LogP contribution in [0.5, 0.6) is 0 Å². The van der Waals surface area contributed by atoms with Crippen LogP contribution in [-0.2, 0) is 0 Å². The van der Waals surface area contributed by atoms with E-state index in [1.807, 2.05) is 0 Å². The van der Waals surface area contributed by atoms with Crippen LogP contribution in [0, 0.1) is 11.8 Å². The summed E-state index contributed by atoms with van der Waals surface area (Å²) in [5, 5.41) is 0. The standard InChI is InChI=1S/C13H22/c1-5-9-10-13(8-4)11-12(6-2)7-3/h5-6,8-9,12-13H,2,4,7,10-11H2,1,3H3. The van der Waals surface area contributed by atoms with Gasteiger partial charge in [0.25, 0.3) is 0 Å². The lowest BCUT2D eigenvalue weighted by Crippen LogP contribution is -2.03. The average molecular weight is 178 g/mol. The average Bonchev–Trinajstić information content (AvgIpc) is 2.19. The number of hydrogen-bond acceptors (Lipinski definition) is 0. The van der Waals surface area contributed by atoms with Crippen LogP contribution in [0.2, 0.25) is 0 Å².